The molecule has 5 heterocycles. The van der Waals surface area contributed by atoms with E-state index in [-0.39, 0.29) is 18.3 Å². The second-order valence-electron chi connectivity index (χ2n) is 10.6. The molecule has 12 heteroatoms. The Hall–Kier alpha value is -3.09. The average Bonchev–Trinajstić information content (AvgIpc) is 3.70. The zero-order chi connectivity index (χ0) is 28.2. The molecule has 0 radical (unpaired) electrons. The van der Waals surface area contributed by atoms with Gasteiger partial charge in [0.05, 0.1) is 43.0 Å². The number of hydrogen-bond donors (Lipinski definition) is 0. The quantitative estimate of drug-likeness (QED) is 0.224. The highest BCUT2D eigenvalue weighted by Gasteiger charge is 2.51. The van der Waals surface area contributed by atoms with Crippen LogP contribution in [-0.4, -0.2) is 47.8 Å². The minimum Gasteiger partial charge on any atom is -0.399 e. The molecular formula is C28H28BClN6O2S2. The Labute approximate surface area is 245 Å². The highest BCUT2D eigenvalue weighted by molar-refractivity contribution is 7.22. The Morgan fingerprint density at radius 3 is 1.73 bits per heavy atom. The molecule has 8 nitrogen and oxygen atoms in total. The molecule has 0 spiro atoms. The first-order chi connectivity index (χ1) is 19.0. The third-order valence-corrected chi connectivity index (χ3v) is 9.72. The molecule has 1 saturated heterocycles. The second kappa shape index (κ2) is 10.1. The van der Waals surface area contributed by atoms with Gasteiger partial charge in [-0.15, -0.1) is 22.7 Å². The average molecular weight is 591 g/mol. The predicted molar refractivity (Wildman–Crippen MR) is 164 cm³/mol. The largest absolute Gasteiger partial charge is 0.494 e. The molecular weight excluding hydrogens is 563 g/mol. The summed E-state index contributed by atoms with van der Waals surface area (Å²) in [7, 11) is 3.48. The standard InChI is InChI=1S/C17H20BN3O2S.C11H8ClN3S/c1-16(2)17(3,4)23-18(22-16)11-6-7-14-12(10-11)20-15(24-14)13-8-9-19-21(13)5;1-15-9(4-5-13-15)11-14-8-6-7(12)2-3-10(8)16-11/h6-10H,1-5H3;2-6H,1H3. The van der Waals surface area contributed by atoms with Crippen LogP contribution >= 0.6 is 34.3 Å². The number of rotatable bonds is 3. The molecule has 0 bridgehead atoms. The molecule has 0 atom stereocenters. The van der Waals surface area contributed by atoms with E-state index in [2.05, 4.69) is 61.1 Å². The van der Waals surface area contributed by atoms with E-state index < -0.39 is 0 Å². The molecule has 0 amide bonds. The van der Waals surface area contributed by atoms with Crippen LogP contribution in [0.2, 0.25) is 5.02 Å². The molecule has 7 rings (SSSR count). The van der Waals surface area contributed by atoms with Crippen LogP contribution in [0.1, 0.15) is 27.7 Å². The Kier molecular flexibility index (Phi) is 6.83. The van der Waals surface area contributed by atoms with E-state index in [0.29, 0.717) is 5.02 Å². The summed E-state index contributed by atoms with van der Waals surface area (Å²) < 4.78 is 18.2. The summed E-state index contributed by atoms with van der Waals surface area (Å²) in [5.74, 6) is 0. The van der Waals surface area contributed by atoms with Gasteiger partial charge in [-0.3, -0.25) is 9.36 Å². The van der Waals surface area contributed by atoms with Gasteiger partial charge in [0.25, 0.3) is 0 Å². The van der Waals surface area contributed by atoms with Crippen LogP contribution in [0.3, 0.4) is 0 Å². The third kappa shape index (κ3) is 4.97. The Morgan fingerprint density at radius 2 is 1.23 bits per heavy atom. The maximum absolute atomic E-state index is 6.14. The van der Waals surface area contributed by atoms with Crippen molar-refractivity contribution in [3.63, 3.8) is 0 Å². The van der Waals surface area contributed by atoms with Crippen molar-refractivity contribution in [3.05, 3.63) is 65.9 Å². The number of benzene rings is 2. The van der Waals surface area contributed by atoms with Crippen LogP contribution in [0.5, 0.6) is 0 Å². The fourth-order valence-corrected chi connectivity index (χ4v) is 6.53. The van der Waals surface area contributed by atoms with Gasteiger partial charge >= 0.3 is 7.12 Å². The van der Waals surface area contributed by atoms with Crippen LogP contribution in [0, 0.1) is 0 Å². The minimum atomic E-state index is -0.360. The molecule has 2 aromatic carbocycles. The van der Waals surface area contributed by atoms with Gasteiger partial charge in [-0.25, -0.2) is 9.97 Å². The maximum Gasteiger partial charge on any atom is 0.494 e. The summed E-state index contributed by atoms with van der Waals surface area (Å²) in [4.78, 5) is 9.32. The lowest BCUT2D eigenvalue weighted by Gasteiger charge is -2.32. The first kappa shape index (κ1) is 27.1. The maximum atomic E-state index is 6.14. The van der Waals surface area contributed by atoms with Gasteiger partial charge in [-0.05, 0) is 75.6 Å². The molecule has 0 N–H and O–H groups in total. The summed E-state index contributed by atoms with van der Waals surface area (Å²) in [6.45, 7) is 8.26. The molecule has 40 heavy (non-hydrogen) atoms. The molecule has 0 unspecified atom stereocenters. The summed E-state index contributed by atoms with van der Waals surface area (Å²) in [6, 6.07) is 15.9. The Balaban J connectivity index is 0.000000157. The van der Waals surface area contributed by atoms with E-state index in [9.17, 15) is 0 Å². The fourth-order valence-electron chi connectivity index (χ4n) is 4.36. The van der Waals surface area contributed by atoms with Crippen molar-refractivity contribution in [2.24, 2.45) is 14.1 Å². The lowest BCUT2D eigenvalue weighted by Crippen LogP contribution is -2.41. The molecule has 4 aromatic heterocycles. The highest BCUT2D eigenvalue weighted by atomic mass is 35.5. The number of fused-ring (bicyclic) bond motifs is 2. The number of aryl methyl sites for hydroxylation is 2. The number of aromatic nitrogens is 6. The van der Waals surface area contributed by atoms with E-state index in [1.165, 1.54) is 0 Å². The number of nitrogens with zero attached hydrogens (tertiary/aromatic N) is 6. The van der Waals surface area contributed by atoms with Crippen molar-refractivity contribution in [3.8, 4) is 21.4 Å². The zero-order valence-corrected chi connectivity index (χ0v) is 25.4. The molecule has 0 saturated carbocycles. The SMILES string of the molecule is Cn1nccc1-c1nc2cc(B3OC(C)(C)C(C)(C)O3)ccc2s1.Cn1nccc1-c1nc2cc(Cl)ccc2s1. The van der Waals surface area contributed by atoms with Crippen molar-refractivity contribution < 1.29 is 9.31 Å². The molecule has 1 aliphatic heterocycles. The monoisotopic (exact) mass is 590 g/mol. The summed E-state index contributed by atoms with van der Waals surface area (Å²) in [5.41, 5.74) is 4.27. The van der Waals surface area contributed by atoms with Gasteiger partial charge in [0.1, 0.15) is 10.0 Å². The van der Waals surface area contributed by atoms with Crippen molar-refractivity contribution >= 4 is 67.3 Å². The van der Waals surface area contributed by atoms with Gasteiger partial charge < -0.3 is 9.31 Å². The van der Waals surface area contributed by atoms with Crippen LogP contribution in [0.15, 0.2) is 60.9 Å². The zero-order valence-electron chi connectivity index (χ0n) is 23.0. The first-order valence-electron chi connectivity index (χ1n) is 12.8. The predicted octanol–water partition coefficient (Wildman–Crippen LogP) is 6.35. The topological polar surface area (TPSA) is 79.9 Å². The Bertz CT molecular complexity index is 1820. The van der Waals surface area contributed by atoms with Crippen molar-refractivity contribution in [2.75, 3.05) is 0 Å². The van der Waals surface area contributed by atoms with E-state index in [0.717, 1.165) is 47.3 Å². The third-order valence-electron chi connectivity index (χ3n) is 7.37. The molecule has 1 aliphatic rings. The second-order valence-corrected chi connectivity index (χ2v) is 13.1. The summed E-state index contributed by atoms with van der Waals surface area (Å²) in [6.07, 6.45) is 3.56. The van der Waals surface area contributed by atoms with Gasteiger partial charge in [-0.2, -0.15) is 10.2 Å². The summed E-state index contributed by atoms with van der Waals surface area (Å²) >= 11 is 9.24. The fraction of sp³-hybridized carbons (Fsp3) is 0.286. The lowest BCUT2D eigenvalue weighted by molar-refractivity contribution is 0.00578. The lowest BCUT2D eigenvalue weighted by atomic mass is 9.79. The summed E-state index contributed by atoms with van der Waals surface area (Å²) in [5, 5.41) is 11.0. The minimum absolute atomic E-state index is 0.339. The van der Waals surface area contributed by atoms with Crippen molar-refractivity contribution in [1.29, 1.82) is 0 Å². The van der Waals surface area contributed by atoms with Crippen molar-refractivity contribution in [1.82, 2.24) is 29.5 Å². The van der Waals surface area contributed by atoms with Gasteiger partial charge in [-0.1, -0.05) is 17.7 Å². The molecule has 6 aromatic rings. The molecule has 1 fully saturated rings. The van der Waals surface area contributed by atoms with Crippen LogP contribution in [-0.2, 0) is 23.4 Å². The van der Waals surface area contributed by atoms with E-state index in [4.69, 9.17) is 25.9 Å². The van der Waals surface area contributed by atoms with Gasteiger partial charge in [0.15, 0.2) is 0 Å². The smallest absolute Gasteiger partial charge is 0.399 e. The van der Waals surface area contributed by atoms with Crippen LogP contribution < -0.4 is 5.46 Å². The normalized spacial score (nSPS) is 16.0. The van der Waals surface area contributed by atoms with Crippen molar-refractivity contribution in [2.45, 2.75) is 38.9 Å². The number of hydrogen-bond acceptors (Lipinski definition) is 8. The van der Waals surface area contributed by atoms with E-state index >= 15 is 0 Å². The number of halogens is 1. The van der Waals surface area contributed by atoms with Gasteiger partial charge in [0, 0.05) is 31.5 Å². The molecule has 0 aliphatic carbocycles. The molecule has 204 valence electrons. The Morgan fingerprint density at radius 1 is 0.725 bits per heavy atom. The number of thiazole rings is 2. The van der Waals surface area contributed by atoms with Crippen LogP contribution in [0.4, 0.5) is 0 Å². The first-order valence-corrected chi connectivity index (χ1v) is 14.8. The van der Waals surface area contributed by atoms with Crippen LogP contribution in [0.25, 0.3) is 41.8 Å². The van der Waals surface area contributed by atoms with Gasteiger partial charge in [0.2, 0.25) is 0 Å². The van der Waals surface area contributed by atoms with E-state index in [1.54, 1.807) is 35.1 Å². The highest BCUT2D eigenvalue weighted by Crippen LogP contribution is 2.37. The van der Waals surface area contributed by atoms with E-state index in [1.807, 2.05) is 53.8 Å².